The van der Waals surface area contributed by atoms with E-state index >= 15 is 0 Å². The van der Waals surface area contributed by atoms with Gasteiger partial charge >= 0.3 is 0 Å². The van der Waals surface area contributed by atoms with Gasteiger partial charge in [-0.3, -0.25) is 4.90 Å². The normalized spacial score (nSPS) is 20.0. The molecule has 2 bridgehead atoms. The van der Waals surface area contributed by atoms with Crippen molar-refractivity contribution in [2.75, 3.05) is 35.0 Å². The third-order valence-electron chi connectivity index (χ3n) is 5.98. The van der Waals surface area contributed by atoms with E-state index in [1.165, 1.54) is 22.3 Å². The predicted molar refractivity (Wildman–Crippen MR) is 109 cm³/mol. The molecule has 2 atom stereocenters. The predicted octanol–water partition coefficient (Wildman–Crippen LogP) is 4.10. The Kier molecular flexibility index (Phi) is 4.94. The Morgan fingerprint density at radius 2 is 1.18 bits per heavy atom. The van der Waals surface area contributed by atoms with E-state index in [1.807, 2.05) is 6.08 Å². The van der Waals surface area contributed by atoms with Gasteiger partial charge in [-0.2, -0.15) is 0 Å². The maximum atomic E-state index is 5.57. The van der Waals surface area contributed by atoms with Crippen LogP contribution in [0.5, 0.6) is 23.0 Å². The Labute approximate surface area is 166 Å². The molecular weight excluding hydrogens is 354 g/mol. The molecule has 2 aliphatic heterocycles. The van der Waals surface area contributed by atoms with Crippen molar-refractivity contribution < 1.29 is 18.9 Å². The molecule has 2 heterocycles. The van der Waals surface area contributed by atoms with Crippen LogP contribution in [0.25, 0.3) is 0 Å². The topological polar surface area (TPSA) is 40.2 Å². The van der Waals surface area contributed by atoms with Gasteiger partial charge in [-0.05, 0) is 59.4 Å². The molecule has 2 aromatic carbocycles. The van der Waals surface area contributed by atoms with Gasteiger partial charge in [-0.15, -0.1) is 6.58 Å². The Morgan fingerprint density at radius 1 is 0.786 bits per heavy atom. The number of methoxy groups -OCH3 is 4. The monoisotopic (exact) mass is 381 g/mol. The standard InChI is InChI=1S/C23H27NO4/c1-6-7-24-18-8-14-10-20(25-2)22(27-4)12-16(14)19(24)9-15-11-21(26-3)23(28-5)13-17(15)18/h6,10-13,18-19H,1,7-9H2,2-5H3. The molecule has 0 aromatic heterocycles. The Balaban J connectivity index is 1.87. The quantitative estimate of drug-likeness (QED) is 0.705. The van der Waals surface area contributed by atoms with E-state index in [0.717, 1.165) is 42.4 Å². The molecule has 2 unspecified atom stereocenters. The van der Waals surface area contributed by atoms with Crippen LogP contribution in [0.15, 0.2) is 36.9 Å². The van der Waals surface area contributed by atoms with Crippen molar-refractivity contribution in [1.29, 1.82) is 0 Å². The summed E-state index contributed by atoms with van der Waals surface area (Å²) in [5.41, 5.74) is 5.23. The molecule has 0 saturated carbocycles. The molecule has 5 nitrogen and oxygen atoms in total. The first kappa shape index (κ1) is 18.7. The lowest BCUT2D eigenvalue weighted by molar-refractivity contribution is 0.116. The number of ether oxygens (including phenoxy) is 4. The van der Waals surface area contributed by atoms with Crippen LogP contribution < -0.4 is 18.9 Å². The number of rotatable bonds is 6. The first-order valence-corrected chi connectivity index (χ1v) is 9.51. The largest absolute Gasteiger partial charge is 0.493 e. The number of fused-ring (bicyclic) bond motifs is 6. The van der Waals surface area contributed by atoms with E-state index in [-0.39, 0.29) is 12.1 Å². The molecule has 0 amide bonds. The SMILES string of the molecule is C=CCN1C2Cc3cc(OC)c(OC)cc3C1Cc1cc(OC)c(OC)cc12. The summed E-state index contributed by atoms with van der Waals surface area (Å²) in [4.78, 5) is 2.52. The van der Waals surface area contributed by atoms with Gasteiger partial charge in [0.2, 0.25) is 0 Å². The lowest BCUT2D eigenvalue weighted by Crippen LogP contribution is -2.43. The van der Waals surface area contributed by atoms with Crippen molar-refractivity contribution in [2.45, 2.75) is 24.9 Å². The molecular formula is C23H27NO4. The van der Waals surface area contributed by atoms with Crippen LogP contribution in [-0.2, 0) is 12.8 Å². The summed E-state index contributed by atoms with van der Waals surface area (Å²) >= 11 is 0. The van der Waals surface area contributed by atoms with Crippen LogP contribution in [0.2, 0.25) is 0 Å². The van der Waals surface area contributed by atoms with E-state index in [4.69, 9.17) is 18.9 Å². The molecule has 0 radical (unpaired) electrons. The highest BCUT2D eigenvalue weighted by Gasteiger charge is 2.40. The lowest BCUT2D eigenvalue weighted by atomic mass is 9.76. The zero-order chi connectivity index (χ0) is 19.8. The smallest absolute Gasteiger partial charge is 0.161 e. The highest BCUT2D eigenvalue weighted by Crippen LogP contribution is 2.51. The van der Waals surface area contributed by atoms with Gasteiger partial charge in [0.1, 0.15) is 0 Å². The molecule has 0 aliphatic carbocycles. The molecule has 0 spiro atoms. The molecule has 0 N–H and O–H groups in total. The molecule has 0 fully saturated rings. The maximum Gasteiger partial charge on any atom is 0.161 e. The summed E-state index contributed by atoms with van der Waals surface area (Å²) in [6.45, 7) is 4.82. The van der Waals surface area contributed by atoms with Crippen molar-refractivity contribution in [3.05, 3.63) is 59.2 Å². The minimum atomic E-state index is 0.261. The third kappa shape index (κ3) is 2.81. The second-order valence-corrected chi connectivity index (χ2v) is 7.24. The van der Waals surface area contributed by atoms with E-state index in [1.54, 1.807) is 28.4 Å². The average molecular weight is 381 g/mol. The molecule has 5 heteroatoms. The molecule has 28 heavy (non-hydrogen) atoms. The van der Waals surface area contributed by atoms with E-state index in [0.29, 0.717) is 0 Å². The fourth-order valence-electron chi connectivity index (χ4n) is 4.70. The van der Waals surface area contributed by atoms with Gasteiger partial charge in [-0.1, -0.05) is 6.08 Å². The number of hydrogen-bond acceptors (Lipinski definition) is 5. The van der Waals surface area contributed by atoms with Gasteiger partial charge in [0.25, 0.3) is 0 Å². The van der Waals surface area contributed by atoms with Gasteiger partial charge in [0.05, 0.1) is 28.4 Å². The fourth-order valence-corrected chi connectivity index (χ4v) is 4.70. The van der Waals surface area contributed by atoms with Gasteiger partial charge in [-0.25, -0.2) is 0 Å². The molecule has 0 saturated heterocycles. The second kappa shape index (κ2) is 7.40. The highest BCUT2D eigenvalue weighted by molar-refractivity contribution is 5.55. The lowest BCUT2D eigenvalue weighted by Gasteiger charge is -2.47. The zero-order valence-electron chi connectivity index (χ0n) is 17.0. The Morgan fingerprint density at radius 3 is 1.54 bits per heavy atom. The van der Waals surface area contributed by atoms with Crippen molar-refractivity contribution in [1.82, 2.24) is 4.90 Å². The number of nitrogens with zero attached hydrogens (tertiary/aromatic N) is 1. The van der Waals surface area contributed by atoms with Crippen molar-refractivity contribution in [2.24, 2.45) is 0 Å². The second-order valence-electron chi connectivity index (χ2n) is 7.24. The van der Waals surface area contributed by atoms with Crippen LogP contribution in [-0.4, -0.2) is 39.9 Å². The summed E-state index contributed by atoms with van der Waals surface area (Å²) in [6.07, 6.45) is 3.79. The van der Waals surface area contributed by atoms with Gasteiger partial charge < -0.3 is 18.9 Å². The molecule has 2 aromatic rings. The van der Waals surface area contributed by atoms with Gasteiger partial charge in [0, 0.05) is 18.6 Å². The summed E-state index contributed by atoms with van der Waals surface area (Å²) in [7, 11) is 6.74. The van der Waals surface area contributed by atoms with Crippen molar-refractivity contribution in [3.63, 3.8) is 0 Å². The molecule has 148 valence electrons. The first-order valence-electron chi connectivity index (χ1n) is 9.51. The maximum absolute atomic E-state index is 5.57. The highest BCUT2D eigenvalue weighted by atomic mass is 16.5. The average Bonchev–Trinajstić information content (AvgIpc) is 2.72. The summed E-state index contributed by atoms with van der Waals surface area (Å²) in [5.74, 6) is 3.11. The Hall–Kier alpha value is -2.66. The minimum Gasteiger partial charge on any atom is -0.493 e. The van der Waals surface area contributed by atoms with Crippen LogP contribution >= 0.6 is 0 Å². The summed E-state index contributed by atoms with van der Waals surface area (Å²) in [5, 5.41) is 0. The summed E-state index contributed by atoms with van der Waals surface area (Å²) < 4.78 is 22.2. The van der Waals surface area contributed by atoms with Crippen molar-refractivity contribution >= 4 is 0 Å². The zero-order valence-corrected chi connectivity index (χ0v) is 17.0. The molecule has 4 rings (SSSR count). The third-order valence-corrected chi connectivity index (χ3v) is 5.98. The molecule has 2 aliphatic rings. The van der Waals surface area contributed by atoms with E-state index in [2.05, 4.69) is 35.7 Å². The minimum absolute atomic E-state index is 0.261. The van der Waals surface area contributed by atoms with Crippen LogP contribution in [0.1, 0.15) is 34.3 Å². The van der Waals surface area contributed by atoms with Gasteiger partial charge in [0.15, 0.2) is 23.0 Å². The van der Waals surface area contributed by atoms with E-state index < -0.39 is 0 Å². The van der Waals surface area contributed by atoms with Crippen LogP contribution in [0.3, 0.4) is 0 Å². The fraction of sp³-hybridized carbons (Fsp3) is 0.391. The van der Waals surface area contributed by atoms with Crippen LogP contribution in [0, 0.1) is 0 Å². The summed E-state index contributed by atoms with van der Waals surface area (Å²) in [6, 6.07) is 9.05. The van der Waals surface area contributed by atoms with Crippen molar-refractivity contribution in [3.8, 4) is 23.0 Å². The number of benzene rings is 2. The van der Waals surface area contributed by atoms with E-state index in [9.17, 15) is 0 Å². The number of hydrogen-bond donors (Lipinski definition) is 0. The van der Waals surface area contributed by atoms with Crippen LogP contribution in [0.4, 0.5) is 0 Å². The first-order chi connectivity index (χ1) is 13.6. The Bertz CT molecular complexity index is 838.